The van der Waals surface area contributed by atoms with Gasteiger partial charge in [-0.05, 0) is 58.9 Å². The Morgan fingerprint density at radius 1 is 1.25 bits per heavy atom. The van der Waals surface area contributed by atoms with Gasteiger partial charge in [0.25, 0.3) is 10.2 Å². The normalized spacial score (nSPS) is 18.8. The molecule has 0 aliphatic carbocycles. The number of hydrogen-bond acceptors (Lipinski definition) is 4. The lowest BCUT2D eigenvalue weighted by Gasteiger charge is -2.30. The molecule has 0 amide bonds. The van der Waals surface area contributed by atoms with Crippen molar-refractivity contribution in [3.63, 3.8) is 0 Å². The van der Waals surface area contributed by atoms with Crippen molar-refractivity contribution in [1.29, 1.82) is 0 Å². The predicted octanol–water partition coefficient (Wildman–Crippen LogP) is 0.237. The lowest BCUT2D eigenvalue weighted by molar-refractivity contribution is 0.246. The fourth-order valence-corrected chi connectivity index (χ4v) is 3.48. The van der Waals surface area contributed by atoms with Gasteiger partial charge < -0.3 is 10.2 Å². The molecule has 1 fully saturated rings. The zero-order valence-electron chi connectivity index (χ0n) is 13.1. The van der Waals surface area contributed by atoms with Crippen LogP contribution in [-0.4, -0.2) is 70.5 Å². The molecule has 0 bridgehead atoms. The summed E-state index contributed by atoms with van der Waals surface area (Å²) in [6.07, 6.45) is 3.72. The first-order valence-corrected chi connectivity index (χ1v) is 9.02. The second-order valence-corrected chi connectivity index (χ2v) is 7.43. The predicted molar refractivity (Wildman–Crippen MR) is 83.0 cm³/mol. The third kappa shape index (κ3) is 6.49. The molecule has 0 radical (unpaired) electrons. The molecule has 1 aliphatic heterocycles. The van der Waals surface area contributed by atoms with Gasteiger partial charge in [0, 0.05) is 19.6 Å². The Morgan fingerprint density at radius 2 is 1.90 bits per heavy atom. The molecule has 0 unspecified atom stereocenters. The van der Waals surface area contributed by atoms with Crippen LogP contribution in [0.3, 0.4) is 0 Å². The Bertz CT molecular complexity index is 353. The summed E-state index contributed by atoms with van der Waals surface area (Å²) < 4.78 is 28.6. The molecule has 7 heteroatoms. The van der Waals surface area contributed by atoms with E-state index in [0.717, 1.165) is 51.9 Å². The number of likely N-dealkylation sites (tertiary alicyclic amines) is 1. The molecule has 120 valence electrons. The van der Waals surface area contributed by atoms with Crippen molar-refractivity contribution in [3.8, 4) is 0 Å². The maximum absolute atomic E-state index is 12.2. The highest BCUT2D eigenvalue weighted by molar-refractivity contribution is 7.87. The van der Waals surface area contributed by atoms with E-state index < -0.39 is 10.2 Å². The SMILES string of the molecule is CCCNCCCN(C)S(=O)(=O)NC1CCN(C)CC1. The molecular weight excluding hydrogens is 276 g/mol. The molecule has 20 heavy (non-hydrogen) atoms. The van der Waals surface area contributed by atoms with Gasteiger partial charge in [-0.3, -0.25) is 0 Å². The second-order valence-electron chi connectivity index (χ2n) is 5.63. The van der Waals surface area contributed by atoms with E-state index in [9.17, 15) is 8.42 Å². The summed E-state index contributed by atoms with van der Waals surface area (Å²) in [6, 6.07) is 0.0804. The fourth-order valence-electron chi connectivity index (χ4n) is 2.28. The third-order valence-corrected chi connectivity index (χ3v) is 5.33. The van der Waals surface area contributed by atoms with Crippen molar-refractivity contribution in [2.24, 2.45) is 0 Å². The monoisotopic (exact) mass is 306 g/mol. The number of hydrogen-bond donors (Lipinski definition) is 2. The average Bonchev–Trinajstić information content (AvgIpc) is 2.40. The van der Waals surface area contributed by atoms with Gasteiger partial charge in [0.05, 0.1) is 0 Å². The molecule has 1 heterocycles. The summed E-state index contributed by atoms with van der Waals surface area (Å²) in [5.41, 5.74) is 0. The summed E-state index contributed by atoms with van der Waals surface area (Å²) in [6.45, 7) is 6.44. The van der Waals surface area contributed by atoms with E-state index in [1.807, 2.05) is 0 Å². The van der Waals surface area contributed by atoms with Gasteiger partial charge in [0.2, 0.25) is 0 Å². The van der Waals surface area contributed by atoms with Crippen LogP contribution in [0.1, 0.15) is 32.6 Å². The minimum absolute atomic E-state index is 0.0804. The molecule has 6 nitrogen and oxygen atoms in total. The number of nitrogens with zero attached hydrogens (tertiary/aromatic N) is 2. The molecule has 1 rings (SSSR count). The van der Waals surface area contributed by atoms with Crippen LogP contribution in [0.25, 0.3) is 0 Å². The summed E-state index contributed by atoms with van der Waals surface area (Å²) in [4.78, 5) is 2.23. The van der Waals surface area contributed by atoms with Crippen LogP contribution in [0, 0.1) is 0 Å². The van der Waals surface area contributed by atoms with E-state index in [1.54, 1.807) is 7.05 Å². The van der Waals surface area contributed by atoms with Gasteiger partial charge in [-0.2, -0.15) is 17.4 Å². The molecule has 1 saturated heterocycles. The summed E-state index contributed by atoms with van der Waals surface area (Å²) in [5, 5.41) is 3.28. The Morgan fingerprint density at radius 3 is 2.50 bits per heavy atom. The molecule has 0 saturated carbocycles. The van der Waals surface area contributed by atoms with Gasteiger partial charge in [-0.15, -0.1) is 0 Å². The first-order valence-electron chi connectivity index (χ1n) is 7.58. The minimum Gasteiger partial charge on any atom is -0.317 e. The number of piperidine rings is 1. The quantitative estimate of drug-likeness (QED) is 0.599. The van der Waals surface area contributed by atoms with Crippen molar-refractivity contribution >= 4 is 10.2 Å². The molecule has 0 spiro atoms. The van der Waals surface area contributed by atoms with Crippen molar-refractivity contribution < 1.29 is 8.42 Å². The molecule has 0 aromatic heterocycles. The van der Waals surface area contributed by atoms with E-state index in [0.29, 0.717) is 6.54 Å². The first kappa shape index (κ1) is 17.8. The Hall–Kier alpha value is -0.210. The third-order valence-electron chi connectivity index (χ3n) is 3.70. The van der Waals surface area contributed by atoms with E-state index >= 15 is 0 Å². The molecule has 0 aromatic carbocycles. The van der Waals surface area contributed by atoms with E-state index in [2.05, 4.69) is 28.9 Å². The van der Waals surface area contributed by atoms with Crippen molar-refractivity contribution in [3.05, 3.63) is 0 Å². The van der Waals surface area contributed by atoms with Gasteiger partial charge in [-0.25, -0.2) is 0 Å². The topological polar surface area (TPSA) is 64.7 Å². The zero-order chi connectivity index (χ0) is 15.0. The zero-order valence-corrected chi connectivity index (χ0v) is 13.9. The summed E-state index contributed by atoms with van der Waals surface area (Å²) in [7, 11) is 0.386. The van der Waals surface area contributed by atoms with Crippen LogP contribution < -0.4 is 10.0 Å². The van der Waals surface area contributed by atoms with Gasteiger partial charge in [0.15, 0.2) is 0 Å². The van der Waals surface area contributed by atoms with Crippen molar-refractivity contribution in [1.82, 2.24) is 19.2 Å². The number of rotatable bonds is 9. The second kappa shape index (κ2) is 8.94. The number of nitrogens with one attached hydrogen (secondary N) is 2. The Kier molecular flexibility index (Phi) is 7.98. The Labute approximate surface area is 124 Å². The van der Waals surface area contributed by atoms with Crippen LogP contribution in [0.15, 0.2) is 0 Å². The highest BCUT2D eigenvalue weighted by Gasteiger charge is 2.24. The van der Waals surface area contributed by atoms with Crippen LogP contribution in [0.2, 0.25) is 0 Å². The average molecular weight is 306 g/mol. The highest BCUT2D eigenvalue weighted by Crippen LogP contribution is 2.10. The smallest absolute Gasteiger partial charge is 0.279 e. The molecule has 0 atom stereocenters. The van der Waals surface area contributed by atoms with Crippen molar-refractivity contribution in [2.75, 3.05) is 46.8 Å². The van der Waals surface area contributed by atoms with E-state index in [-0.39, 0.29) is 6.04 Å². The van der Waals surface area contributed by atoms with Crippen molar-refractivity contribution in [2.45, 2.75) is 38.6 Å². The van der Waals surface area contributed by atoms with Crippen LogP contribution in [0.4, 0.5) is 0 Å². The van der Waals surface area contributed by atoms with Crippen LogP contribution >= 0.6 is 0 Å². The lowest BCUT2D eigenvalue weighted by Crippen LogP contribution is -2.48. The van der Waals surface area contributed by atoms with Gasteiger partial charge in [0.1, 0.15) is 0 Å². The summed E-state index contributed by atoms with van der Waals surface area (Å²) in [5.74, 6) is 0. The van der Waals surface area contributed by atoms with Gasteiger partial charge >= 0.3 is 0 Å². The maximum Gasteiger partial charge on any atom is 0.279 e. The van der Waals surface area contributed by atoms with Crippen LogP contribution in [-0.2, 0) is 10.2 Å². The van der Waals surface area contributed by atoms with Crippen LogP contribution in [0.5, 0.6) is 0 Å². The summed E-state index contributed by atoms with van der Waals surface area (Å²) >= 11 is 0. The largest absolute Gasteiger partial charge is 0.317 e. The highest BCUT2D eigenvalue weighted by atomic mass is 32.2. The maximum atomic E-state index is 12.2. The molecule has 1 aliphatic rings. The molecular formula is C13H30N4O2S. The molecule has 2 N–H and O–H groups in total. The van der Waals surface area contributed by atoms with Gasteiger partial charge in [-0.1, -0.05) is 6.92 Å². The first-order chi connectivity index (χ1) is 9.45. The standard InChI is InChI=1S/C13H30N4O2S/c1-4-8-14-9-5-10-17(3)20(18,19)15-13-6-11-16(2)12-7-13/h13-15H,4-12H2,1-3H3. The van der Waals surface area contributed by atoms with E-state index in [1.165, 1.54) is 4.31 Å². The Balaban J connectivity index is 2.28. The fraction of sp³-hybridized carbons (Fsp3) is 1.00. The van der Waals surface area contributed by atoms with E-state index in [4.69, 9.17) is 0 Å². The molecule has 0 aromatic rings. The lowest BCUT2D eigenvalue weighted by atomic mass is 10.1. The minimum atomic E-state index is -3.33.